The van der Waals surface area contributed by atoms with Crippen LogP contribution in [-0.4, -0.2) is 15.7 Å². The first-order valence-electron chi connectivity index (χ1n) is 2.20. The van der Waals surface area contributed by atoms with Gasteiger partial charge in [0.1, 0.15) is 9.41 Å². The van der Waals surface area contributed by atoms with E-state index in [9.17, 15) is 0 Å². The summed E-state index contributed by atoms with van der Waals surface area (Å²) in [5, 5.41) is 0. The van der Waals surface area contributed by atoms with Crippen molar-refractivity contribution < 1.29 is 0 Å². The van der Waals surface area contributed by atoms with E-state index in [2.05, 4.69) is 29.7 Å². The van der Waals surface area contributed by atoms with Gasteiger partial charge in [-0.25, -0.2) is 10.9 Å². The first-order valence-corrected chi connectivity index (χ1v) is 4.95. The maximum Gasteiger partial charge on any atom is 0.115 e. The average Bonchev–Trinajstić information content (AvgIpc) is 2.14. The van der Waals surface area contributed by atoms with Gasteiger partial charge in [0.15, 0.2) is 0 Å². The lowest BCUT2D eigenvalue weighted by Crippen LogP contribution is -2.29. The lowest BCUT2D eigenvalue weighted by molar-refractivity contribution is 0.655. The van der Waals surface area contributed by atoms with Gasteiger partial charge in [-0.3, -0.25) is 0 Å². The third-order valence-electron chi connectivity index (χ3n) is 0.791. The Morgan fingerprint density at radius 1 is 1.62 bits per heavy atom. The van der Waals surface area contributed by atoms with Crippen LogP contribution in [0.3, 0.4) is 0 Å². The SMILES string of the molecule is CSC1NNC(S)S1. The largest absolute Gasteiger partial charge is 0.233 e. The predicted octanol–water partition coefficient (Wildman–Crippen LogP) is 0.687. The van der Waals surface area contributed by atoms with Gasteiger partial charge < -0.3 is 0 Å². The number of hydrogen-bond acceptors (Lipinski definition) is 5. The summed E-state index contributed by atoms with van der Waals surface area (Å²) in [6.07, 6.45) is 2.07. The number of hydrazine groups is 1. The van der Waals surface area contributed by atoms with E-state index in [1.165, 1.54) is 0 Å². The monoisotopic (exact) mass is 168 g/mol. The summed E-state index contributed by atoms with van der Waals surface area (Å²) in [6.45, 7) is 0. The third kappa shape index (κ3) is 1.73. The van der Waals surface area contributed by atoms with E-state index in [1.807, 2.05) is 0 Å². The fourth-order valence-electron chi connectivity index (χ4n) is 0.439. The van der Waals surface area contributed by atoms with Crippen molar-refractivity contribution in [3.63, 3.8) is 0 Å². The lowest BCUT2D eigenvalue weighted by Gasteiger charge is -2.00. The minimum atomic E-state index is 0.257. The molecule has 1 aliphatic heterocycles. The second-order valence-electron chi connectivity index (χ2n) is 1.34. The van der Waals surface area contributed by atoms with Crippen molar-refractivity contribution in [1.82, 2.24) is 10.9 Å². The number of hydrogen-bond donors (Lipinski definition) is 3. The Balaban J connectivity index is 2.22. The molecule has 2 atom stereocenters. The first-order chi connectivity index (χ1) is 3.83. The van der Waals surface area contributed by atoms with Crippen LogP contribution < -0.4 is 10.9 Å². The van der Waals surface area contributed by atoms with Crippen molar-refractivity contribution in [2.45, 2.75) is 9.41 Å². The van der Waals surface area contributed by atoms with Crippen LogP contribution in [0.5, 0.6) is 0 Å². The van der Waals surface area contributed by atoms with Crippen LogP contribution in [0.2, 0.25) is 0 Å². The fraction of sp³-hybridized carbons (Fsp3) is 1.00. The van der Waals surface area contributed by atoms with Crippen LogP contribution in [0.15, 0.2) is 0 Å². The smallest absolute Gasteiger partial charge is 0.115 e. The molecule has 5 heteroatoms. The van der Waals surface area contributed by atoms with Crippen molar-refractivity contribution in [2.75, 3.05) is 6.26 Å². The molecule has 1 fully saturated rings. The molecule has 0 radical (unpaired) electrons. The van der Waals surface area contributed by atoms with E-state index < -0.39 is 0 Å². The van der Waals surface area contributed by atoms with Crippen molar-refractivity contribution in [1.29, 1.82) is 0 Å². The highest BCUT2D eigenvalue weighted by atomic mass is 32.2. The fourth-order valence-corrected chi connectivity index (χ4v) is 2.60. The van der Waals surface area contributed by atoms with Crippen molar-refractivity contribution in [2.24, 2.45) is 0 Å². The maximum atomic E-state index is 4.18. The second kappa shape index (κ2) is 3.22. The van der Waals surface area contributed by atoms with Crippen LogP contribution in [0.25, 0.3) is 0 Å². The third-order valence-corrected chi connectivity index (χ3v) is 3.48. The number of nitrogens with one attached hydrogen (secondary N) is 2. The highest BCUT2D eigenvalue weighted by Gasteiger charge is 2.19. The molecule has 1 heterocycles. The van der Waals surface area contributed by atoms with E-state index in [0.29, 0.717) is 4.71 Å². The molecule has 48 valence electrons. The molecule has 0 spiro atoms. The van der Waals surface area contributed by atoms with E-state index >= 15 is 0 Å². The van der Waals surface area contributed by atoms with E-state index in [-0.39, 0.29) is 4.71 Å². The van der Waals surface area contributed by atoms with Gasteiger partial charge in [-0.1, -0.05) is 11.8 Å². The zero-order valence-corrected chi connectivity index (χ0v) is 6.95. The molecule has 1 aliphatic rings. The standard InChI is InChI=1S/C3H8N2S3/c1-7-3-5-4-2(6)8-3/h2-6H,1H3. The molecule has 1 rings (SSSR count). The summed E-state index contributed by atoms with van der Waals surface area (Å²) < 4.78 is 0.727. The van der Waals surface area contributed by atoms with Crippen LogP contribution >= 0.6 is 36.2 Å². The molecule has 2 nitrogen and oxygen atoms in total. The van der Waals surface area contributed by atoms with E-state index in [0.717, 1.165) is 0 Å². The van der Waals surface area contributed by atoms with Gasteiger partial charge in [-0.05, 0) is 6.26 Å². The highest BCUT2D eigenvalue weighted by molar-refractivity contribution is 8.21. The minimum absolute atomic E-state index is 0.257. The normalized spacial score (nSPS) is 38.2. The van der Waals surface area contributed by atoms with Crippen LogP contribution in [0.1, 0.15) is 0 Å². The van der Waals surface area contributed by atoms with Gasteiger partial charge in [0, 0.05) is 0 Å². The molecule has 1 saturated heterocycles. The zero-order valence-electron chi connectivity index (χ0n) is 4.42. The Morgan fingerprint density at radius 3 is 2.62 bits per heavy atom. The van der Waals surface area contributed by atoms with Gasteiger partial charge in [-0.2, -0.15) is 0 Å². The molecular weight excluding hydrogens is 160 g/mol. The molecule has 0 saturated carbocycles. The summed E-state index contributed by atoms with van der Waals surface area (Å²) in [4.78, 5) is 0. The summed E-state index contributed by atoms with van der Waals surface area (Å²) in [5.74, 6) is 0. The molecule has 8 heavy (non-hydrogen) atoms. The topological polar surface area (TPSA) is 24.1 Å². The Kier molecular flexibility index (Phi) is 2.85. The molecule has 0 aliphatic carbocycles. The minimum Gasteiger partial charge on any atom is -0.233 e. The predicted molar refractivity (Wildman–Crippen MR) is 43.9 cm³/mol. The summed E-state index contributed by atoms with van der Waals surface area (Å²) >= 11 is 7.73. The zero-order chi connectivity index (χ0) is 5.98. The van der Waals surface area contributed by atoms with Gasteiger partial charge in [-0.15, -0.1) is 24.4 Å². The lowest BCUT2D eigenvalue weighted by atomic mass is 11.4. The quantitative estimate of drug-likeness (QED) is 0.502. The number of rotatable bonds is 1. The van der Waals surface area contributed by atoms with Crippen molar-refractivity contribution in [3.8, 4) is 0 Å². The molecule has 0 bridgehead atoms. The number of thioether (sulfide) groups is 2. The summed E-state index contributed by atoms with van der Waals surface area (Å²) in [6, 6.07) is 0. The molecule has 2 N–H and O–H groups in total. The van der Waals surface area contributed by atoms with Gasteiger partial charge >= 0.3 is 0 Å². The number of thiol groups is 1. The van der Waals surface area contributed by atoms with Gasteiger partial charge in [0.25, 0.3) is 0 Å². The molecular formula is C3H8N2S3. The molecule has 2 unspecified atom stereocenters. The van der Waals surface area contributed by atoms with Crippen LogP contribution in [0.4, 0.5) is 0 Å². The van der Waals surface area contributed by atoms with Crippen LogP contribution in [0, 0.1) is 0 Å². The van der Waals surface area contributed by atoms with E-state index in [1.54, 1.807) is 23.5 Å². The maximum absolute atomic E-state index is 4.18. The van der Waals surface area contributed by atoms with Crippen molar-refractivity contribution in [3.05, 3.63) is 0 Å². The van der Waals surface area contributed by atoms with Crippen molar-refractivity contribution >= 4 is 36.2 Å². The van der Waals surface area contributed by atoms with Crippen LogP contribution in [-0.2, 0) is 0 Å². The Bertz CT molecular complexity index is 78.9. The Labute approximate surface area is 62.9 Å². The summed E-state index contributed by atoms with van der Waals surface area (Å²) in [5.41, 5.74) is 6.03. The molecule has 0 amide bonds. The average molecular weight is 168 g/mol. The molecule has 0 aromatic heterocycles. The second-order valence-corrected chi connectivity index (χ2v) is 4.67. The molecule has 0 aromatic rings. The molecule has 0 aromatic carbocycles. The highest BCUT2D eigenvalue weighted by Crippen LogP contribution is 2.27. The van der Waals surface area contributed by atoms with Gasteiger partial charge in [0.2, 0.25) is 0 Å². The Morgan fingerprint density at radius 2 is 2.38 bits per heavy atom. The Hall–Kier alpha value is 0.970. The van der Waals surface area contributed by atoms with E-state index in [4.69, 9.17) is 0 Å². The summed E-state index contributed by atoms with van der Waals surface area (Å²) in [7, 11) is 0. The van der Waals surface area contributed by atoms with Gasteiger partial charge in [0.05, 0.1) is 0 Å². The first kappa shape index (κ1) is 7.08.